The van der Waals surface area contributed by atoms with Gasteiger partial charge in [0.05, 0.1) is 28.6 Å². The van der Waals surface area contributed by atoms with E-state index in [4.69, 9.17) is 5.73 Å². The van der Waals surface area contributed by atoms with Crippen LogP contribution in [0.5, 0.6) is 0 Å². The highest BCUT2D eigenvalue weighted by Crippen LogP contribution is 2.48. The topological polar surface area (TPSA) is 126 Å². The molecule has 1 aliphatic rings. The third kappa shape index (κ3) is 4.52. The summed E-state index contributed by atoms with van der Waals surface area (Å²) in [5.41, 5.74) is 10.1. The number of amidine groups is 1. The Labute approximate surface area is 198 Å². The molecule has 1 aromatic carbocycles. The van der Waals surface area contributed by atoms with Crippen molar-refractivity contribution in [3.8, 4) is 11.1 Å². The lowest BCUT2D eigenvalue weighted by atomic mass is 9.94. The molecule has 0 radical (unpaired) electrons. The number of aliphatic carboxylic acids is 1. The highest BCUT2D eigenvalue weighted by Gasteiger charge is 2.51. The van der Waals surface area contributed by atoms with E-state index in [9.17, 15) is 9.90 Å². The van der Waals surface area contributed by atoms with Gasteiger partial charge in [-0.1, -0.05) is 44.2 Å². The van der Waals surface area contributed by atoms with Gasteiger partial charge in [0.2, 0.25) is 0 Å². The summed E-state index contributed by atoms with van der Waals surface area (Å²) in [6.07, 6.45) is 8.00. The van der Waals surface area contributed by atoms with Gasteiger partial charge in [0, 0.05) is 31.2 Å². The first-order valence-corrected chi connectivity index (χ1v) is 11.2. The van der Waals surface area contributed by atoms with Gasteiger partial charge < -0.3 is 16.2 Å². The van der Waals surface area contributed by atoms with Crippen molar-refractivity contribution in [3.63, 3.8) is 0 Å². The smallest absolute Gasteiger partial charge is 0.314 e. The molecule has 0 spiro atoms. The van der Waals surface area contributed by atoms with Crippen molar-refractivity contribution in [2.24, 2.45) is 10.7 Å². The van der Waals surface area contributed by atoms with E-state index in [-0.39, 0.29) is 5.92 Å². The van der Waals surface area contributed by atoms with Crippen LogP contribution >= 0.6 is 0 Å². The van der Waals surface area contributed by atoms with Crippen molar-refractivity contribution in [2.45, 2.75) is 38.0 Å². The molecule has 3 aromatic rings. The number of rotatable bonds is 7. The van der Waals surface area contributed by atoms with Gasteiger partial charge in [-0.05, 0) is 36.0 Å². The summed E-state index contributed by atoms with van der Waals surface area (Å²) < 4.78 is 0. The molecule has 1 fully saturated rings. The Morgan fingerprint density at radius 2 is 1.82 bits per heavy atom. The molecular formula is C26H28N6O2. The first-order chi connectivity index (χ1) is 16.4. The summed E-state index contributed by atoms with van der Waals surface area (Å²) in [6.45, 7) is 4.12. The average molecular weight is 457 g/mol. The number of aromatic nitrogens is 3. The third-order valence-corrected chi connectivity index (χ3v) is 6.11. The summed E-state index contributed by atoms with van der Waals surface area (Å²) in [5, 5.41) is 12.7. The fourth-order valence-corrected chi connectivity index (χ4v) is 3.83. The summed E-state index contributed by atoms with van der Waals surface area (Å²) >= 11 is 0. The molecule has 174 valence electrons. The van der Waals surface area contributed by atoms with Crippen LogP contribution in [-0.2, 0) is 10.2 Å². The Bertz CT molecular complexity index is 1240. The van der Waals surface area contributed by atoms with E-state index in [1.165, 1.54) is 6.20 Å². The van der Waals surface area contributed by atoms with Gasteiger partial charge in [0.1, 0.15) is 11.7 Å². The average Bonchev–Trinajstić information content (AvgIpc) is 3.67. The zero-order valence-corrected chi connectivity index (χ0v) is 19.5. The Hall–Kier alpha value is -4.07. The molecule has 1 saturated carbocycles. The van der Waals surface area contributed by atoms with E-state index in [1.54, 1.807) is 25.6 Å². The lowest BCUT2D eigenvalue weighted by molar-refractivity contribution is -0.140. The molecule has 1 aliphatic carbocycles. The highest BCUT2D eigenvalue weighted by atomic mass is 16.4. The molecule has 4 N–H and O–H groups in total. The molecule has 2 aromatic heterocycles. The van der Waals surface area contributed by atoms with Gasteiger partial charge in [-0.15, -0.1) is 0 Å². The van der Waals surface area contributed by atoms with Crippen LogP contribution in [0.15, 0.2) is 66.2 Å². The number of nitrogens with one attached hydrogen (secondary N) is 1. The minimum atomic E-state index is -0.753. The number of carboxylic acid groups (broad SMARTS) is 1. The molecule has 2 heterocycles. The second-order valence-corrected chi connectivity index (χ2v) is 8.66. The van der Waals surface area contributed by atoms with Crippen molar-refractivity contribution in [3.05, 3.63) is 78.1 Å². The normalized spacial score (nSPS) is 15.3. The maximum atomic E-state index is 11.6. The Kier molecular flexibility index (Phi) is 6.40. The largest absolute Gasteiger partial charge is 0.481 e. The summed E-state index contributed by atoms with van der Waals surface area (Å²) in [7, 11) is 1.67. The SMILES string of the molecule is CN=C(Nc1cncc(C(C)C)n1)C(=CN)c1ccc(-c2ccc(C3(C(=O)O)CC3)cc2)cn1. The first-order valence-electron chi connectivity index (χ1n) is 11.2. The molecule has 0 atom stereocenters. The van der Waals surface area contributed by atoms with Crippen molar-refractivity contribution in [1.29, 1.82) is 0 Å². The van der Waals surface area contributed by atoms with Gasteiger partial charge in [-0.25, -0.2) is 4.98 Å². The number of anilines is 1. The van der Waals surface area contributed by atoms with Gasteiger partial charge in [-0.3, -0.25) is 19.8 Å². The quantitative estimate of drug-likeness (QED) is 0.359. The fourth-order valence-electron chi connectivity index (χ4n) is 3.83. The van der Waals surface area contributed by atoms with Crippen LogP contribution in [0.1, 0.15) is 49.6 Å². The summed E-state index contributed by atoms with van der Waals surface area (Å²) in [4.78, 5) is 29.3. The number of pyridine rings is 1. The van der Waals surface area contributed by atoms with Crippen LogP contribution in [0.25, 0.3) is 16.7 Å². The molecule has 4 rings (SSSR count). The number of benzene rings is 1. The number of nitrogens with zero attached hydrogens (tertiary/aromatic N) is 4. The van der Waals surface area contributed by atoms with Crippen LogP contribution in [-0.4, -0.2) is 38.9 Å². The Balaban J connectivity index is 1.53. The predicted octanol–water partition coefficient (Wildman–Crippen LogP) is 4.22. The van der Waals surface area contributed by atoms with Crippen molar-refractivity contribution in [1.82, 2.24) is 15.0 Å². The molecule has 0 saturated heterocycles. The second-order valence-electron chi connectivity index (χ2n) is 8.66. The number of nitrogens with two attached hydrogens (primary N) is 1. The number of aliphatic imine (C=N–C) groups is 1. The van der Waals surface area contributed by atoms with Crippen LogP contribution in [0.4, 0.5) is 5.82 Å². The van der Waals surface area contributed by atoms with Crippen LogP contribution in [0, 0.1) is 0 Å². The zero-order valence-electron chi connectivity index (χ0n) is 19.5. The predicted molar refractivity (Wildman–Crippen MR) is 133 cm³/mol. The second kappa shape index (κ2) is 9.43. The zero-order chi connectivity index (χ0) is 24.3. The molecular weight excluding hydrogens is 428 g/mol. The maximum absolute atomic E-state index is 11.6. The summed E-state index contributed by atoms with van der Waals surface area (Å²) in [6, 6.07) is 11.5. The molecule has 8 nitrogen and oxygen atoms in total. The van der Waals surface area contributed by atoms with Crippen molar-refractivity contribution >= 4 is 23.2 Å². The fraction of sp³-hybridized carbons (Fsp3) is 0.269. The monoisotopic (exact) mass is 456 g/mol. The summed E-state index contributed by atoms with van der Waals surface area (Å²) in [5.74, 6) is 0.614. The molecule has 0 aliphatic heterocycles. The number of hydrogen-bond donors (Lipinski definition) is 3. The third-order valence-electron chi connectivity index (χ3n) is 6.11. The van der Waals surface area contributed by atoms with Crippen molar-refractivity contribution in [2.75, 3.05) is 12.4 Å². The molecule has 8 heteroatoms. The number of hydrogen-bond acceptors (Lipinski definition) is 6. The van der Waals surface area contributed by atoms with Crippen molar-refractivity contribution < 1.29 is 9.90 Å². The van der Waals surface area contributed by atoms with E-state index < -0.39 is 11.4 Å². The van der Waals surface area contributed by atoms with Gasteiger partial charge in [0.25, 0.3) is 0 Å². The Morgan fingerprint density at radius 3 is 2.35 bits per heavy atom. The number of carboxylic acids is 1. The lowest BCUT2D eigenvalue weighted by Gasteiger charge is -2.14. The molecule has 0 bridgehead atoms. The standard InChI is InChI=1S/C26H28N6O2/c1-16(2)22-14-29-15-23(31-22)32-24(28-3)20(12-27)21-9-6-18(13-30-21)17-4-7-19(8-5-17)26(10-11-26)25(33)34/h4-9,12-16H,10-11,27H2,1-3H3,(H,33,34)(H,28,31,32). The highest BCUT2D eigenvalue weighted by molar-refractivity contribution is 6.27. The van der Waals surface area contributed by atoms with Gasteiger partial charge in [0.15, 0.2) is 0 Å². The van der Waals surface area contributed by atoms with E-state index in [0.717, 1.165) is 22.4 Å². The first kappa shape index (κ1) is 23.1. The molecule has 34 heavy (non-hydrogen) atoms. The van der Waals surface area contributed by atoms with Crippen LogP contribution < -0.4 is 11.1 Å². The lowest BCUT2D eigenvalue weighted by Crippen LogP contribution is -2.19. The maximum Gasteiger partial charge on any atom is 0.314 e. The van der Waals surface area contributed by atoms with Crippen LogP contribution in [0.2, 0.25) is 0 Å². The van der Waals surface area contributed by atoms with Gasteiger partial charge in [-0.2, -0.15) is 0 Å². The minimum absolute atomic E-state index is 0.253. The number of carbonyl (C=O) groups is 1. The van der Waals surface area contributed by atoms with E-state index in [2.05, 4.69) is 39.1 Å². The van der Waals surface area contributed by atoms with Crippen LogP contribution in [0.3, 0.4) is 0 Å². The van der Waals surface area contributed by atoms with E-state index in [0.29, 0.717) is 35.8 Å². The minimum Gasteiger partial charge on any atom is -0.481 e. The molecule has 0 amide bonds. The van der Waals surface area contributed by atoms with Gasteiger partial charge >= 0.3 is 5.97 Å². The molecule has 0 unspecified atom stereocenters. The Morgan fingerprint density at radius 1 is 1.12 bits per heavy atom. The van der Waals surface area contributed by atoms with E-state index >= 15 is 0 Å². The van der Waals surface area contributed by atoms with E-state index in [1.807, 2.05) is 36.4 Å².